The number of aliphatic hydroxyl groups excluding tert-OH is 1. The van der Waals surface area contributed by atoms with Gasteiger partial charge in [0.1, 0.15) is 0 Å². The van der Waals surface area contributed by atoms with E-state index in [0.29, 0.717) is 12.5 Å². The first-order valence-corrected chi connectivity index (χ1v) is 5.00. The number of hydrogen-bond acceptors (Lipinski definition) is 2. The number of hydrogen-bond donors (Lipinski definition) is 1. The second kappa shape index (κ2) is 7.56. The number of rotatable bonds is 7. The maximum Gasteiger partial charge on any atom is 0.0434 e. The van der Waals surface area contributed by atoms with Crippen LogP contribution in [0.4, 0.5) is 0 Å². The summed E-state index contributed by atoms with van der Waals surface area (Å²) >= 11 is 0. The van der Waals surface area contributed by atoms with E-state index in [1.807, 2.05) is 0 Å². The molecule has 0 spiro atoms. The van der Waals surface area contributed by atoms with Gasteiger partial charge in [-0.25, -0.2) is 0 Å². The minimum atomic E-state index is 0.322. The molecule has 0 amide bonds. The molecule has 0 rings (SSSR count). The fraction of sp³-hybridized carbons (Fsp3) is 1.00. The monoisotopic (exact) mass is 173 g/mol. The molecule has 0 aliphatic carbocycles. The molecule has 0 radical (unpaired) electrons. The predicted molar refractivity (Wildman–Crippen MR) is 53.3 cm³/mol. The van der Waals surface area contributed by atoms with Gasteiger partial charge >= 0.3 is 0 Å². The van der Waals surface area contributed by atoms with E-state index in [0.717, 1.165) is 13.0 Å². The fourth-order valence-electron chi connectivity index (χ4n) is 1.36. The Labute approximate surface area is 76.6 Å². The Balaban J connectivity index is 3.33. The van der Waals surface area contributed by atoms with Crippen molar-refractivity contribution in [3.63, 3.8) is 0 Å². The molecule has 0 heterocycles. The summed E-state index contributed by atoms with van der Waals surface area (Å²) in [5.74, 6) is 0.622. The summed E-state index contributed by atoms with van der Waals surface area (Å²) in [5, 5.41) is 8.71. The van der Waals surface area contributed by atoms with Crippen molar-refractivity contribution in [2.75, 3.05) is 26.7 Å². The molecule has 2 heteroatoms. The van der Waals surface area contributed by atoms with Gasteiger partial charge in [-0.15, -0.1) is 0 Å². The highest BCUT2D eigenvalue weighted by molar-refractivity contribution is 4.58. The van der Waals surface area contributed by atoms with E-state index >= 15 is 0 Å². The Bertz CT molecular complexity index is 95.8. The molecule has 0 aromatic carbocycles. The van der Waals surface area contributed by atoms with E-state index in [9.17, 15) is 0 Å². The second-order valence-electron chi connectivity index (χ2n) is 3.73. The Morgan fingerprint density at radius 2 is 2.08 bits per heavy atom. The highest BCUT2D eigenvalue weighted by atomic mass is 16.3. The van der Waals surface area contributed by atoms with Gasteiger partial charge in [0.2, 0.25) is 0 Å². The van der Waals surface area contributed by atoms with Crippen molar-refractivity contribution in [2.24, 2.45) is 5.92 Å². The third-order valence-electron chi connectivity index (χ3n) is 2.14. The molecule has 0 fully saturated rings. The van der Waals surface area contributed by atoms with Crippen LogP contribution in [-0.2, 0) is 0 Å². The molecular weight excluding hydrogens is 150 g/mol. The lowest BCUT2D eigenvalue weighted by Gasteiger charge is -2.20. The quantitative estimate of drug-likeness (QED) is 0.634. The van der Waals surface area contributed by atoms with E-state index in [1.165, 1.54) is 19.4 Å². The molecule has 0 unspecified atom stereocenters. The van der Waals surface area contributed by atoms with Crippen molar-refractivity contribution in [1.29, 1.82) is 0 Å². The first kappa shape index (κ1) is 11.9. The maximum absolute atomic E-state index is 8.71. The molecular formula is C10H23NO. The molecule has 0 saturated carbocycles. The van der Waals surface area contributed by atoms with Crippen LogP contribution < -0.4 is 0 Å². The van der Waals surface area contributed by atoms with Gasteiger partial charge in [-0.2, -0.15) is 0 Å². The van der Waals surface area contributed by atoms with Crippen LogP contribution in [0.15, 0.2) is 0 Å². The van der Waals surface area contributed by atoms with Gasteiger partial charge in [-0.05, 0) is 32.4 Å². The third kappa shape index (κ3) is 6.62. The summed E-state index contributed by atoms with van der Waals surface area (Å²) in [6.07, 6.45) is 3.47. The molecule has 0 saturated heterocycles. The fourth-order valence-corrected chi connectivity index (χ4v) is 1.36. The molecule has 1 N–H and O–H groups in total. The van der Waals surface area contributed by atoms with Gasteiger partial charge in [0, 0.05) is 13.2 Å². The van der Waals surface area contributed by atoms with Crippen LogP contribution >= 0.6 is 0 Å². The molecule has 0 aliphatic rings. The minimum absolute atomic E-state index is 0.322. The topological polar surface area (TPSA) is 23.5 Å². The van der Waals surface area contributed by atoms with Gasteiger partial charge < -0.3 is 10.0 Å². The average molecular weight is 173 g/mol. The van der Waals surface area contributed by atoms with Gasteiger partial charge in [-0.3, -0.25) is 0 Å². The Kier molecular flexibility index (Phi) is 7.51. The summed E-state index contributed by atoms with van der Waals surface area (Å²) in [6.45, 7) is 7.03. The summed E-state index contributed by atoms with van der Waals surface area (Å²) in [5.41, 5.74) is 0. The zero-order valence-corrected chi connectivity index (χ0v) is 8.71. The largest absolute Gasteiger partial charge is 0.396 e. The first-order valence-electron chi connectivity index (χ1n) is 5.00. The van der Waals surface area contributed by atoms with Crippen molar-refractivity contribution >= 4 is 0 Å². The van der Waals surface area contributed by atoms with Crippen LogP contribution in [0.2, 0.25) is 0 Å². The first-order chi connectivity index (χ1) is 5.70. The van der Waals surface area contributed by atoms with Crippen LogP contribution in [0.3, 0.4) is 0 Å². The Hall–Kier alpha value is -0.0800. The zero-order valence-electron chi connectivity index (χ0n) is 8.71. The smallest absolute Gasteiger partial charge is 0.0434 e. The van der Waals surface area contributed by atoms with E-state index in [4.69, 9.17) is 5.11 Å². The lowest BCUT2D eigenvalue weighted by molar-refractivity contribution is 0.223. The van der Waals surface area contributed by atoms with Crippen molar-refractivity contribution in [3.05, 3.63) is 0 Å². The lowest BCUT2D eigenvalue weighted by atomic mass is 10.1. The summed E-state index contributed by atoms with van der Waals surface area (Å²) in [7, 11) is 2.16. The van der Waals surface area contributed by atoms with Crippen LogP contribution in [0, 0.1) is 5.92 Å². The van der Waals surface area contributed by atoms with Gasteiger partial charge in [-0.1, -0.05) is 20.3 Å². The summed E-state index contributed by atoms with van der Waals surface area (Å²) in [6, 6.07) is 0. The Morgan fingerprint density at radius 1 is 1.42 bits per heavy atom. The van der Waals surface area contributed by atoms with Crippen LogP contribution in [0.5, 0.6) is 0 Å². The van der Waals surface area contributed by atoms with E-state index in [2.05, 4.69) is 25.8 Å². The minimum Gasteiger partial charge on any atom is -0.396 e. The average Bonchev–Trinajstić information content (AvgIpc) is 2.01. The molecule has 0 aliphatic heterocycles. The molecule has 12 heavy (non-hydrogen) atoms. The van der Waals surface area contributed by atoms with E-state index < -0.39 is 0 Å². The molecule has 0 bridgehead atoms. The molecule has 2 nitrogen and oxygen atoms in total. The van der Waals surface area contributed by atoms with E-state index in [-0.39, 0.29) is 0 Å². The summed E-state index contributed by atoms with van der Waals surface area (Å²) in [4.78, 5) is 2.35. The molecule has 74 valence electrons. The van der Waals surface area contributed by atoms with Crippen molar-refractivity contribution < 1.29 is 5.11 Å². The van der Waals surface area contributed by atoms with Crippen LogP contribution in [-0.4, -0.2) is 36.8 Å². The standard InChI is InChI=1S/C10H23NO/c1-4-5-7-11(3)9-10(2)6-8-12/h10,12H,4-9H2,1-3H3/t10-/m1/s1. The predicted octanol–water partition coefficient (Wildman–Crippen LogP) is 1.74. The lowest BCUT2D eigenvalue weighted by Crippen LogP contribution is -2.25. The number of nitrogens with zero attached hydrogens (tertiary/aromatic N) is 1. The Morgan fingerprint density at radius 3 is 2.58 bits per heavy atom. The van der Waals surface area contributed by atoms with Crippen molar-refractivity contribution in [3.8, 4) is 0 Å². The third-order valence-corrected chi connectivity index (χ3v) is 2.14. The number of aliphatic hydroxyl groups is 1. The van der Waals surface area contributed by atoms with Crippen molar-refractivity contribution in [2.45, 2.75) is 33.1 Å². The van der Waals surface area contributed by atoms with Crippen molar-refractivity contribution in [1.82, 2.24) is 4.90 Å². The van der Waals surface area contributed by atoms with Gasteiger partial charge in [0.25, 0.3) is 0 Å². The maximum atomic E-state index is 8.71. The van der Waals surface area contributed by atoms with Gasteiger partial charge in [0.15, 0.2) is 0 Å². The summed E-state index contributed by atoms with van der Waals surface area (Å²) < 4.78 is 0. The second-order valence-corrected chi connectivity index (χ2v) is 3.73. The van der Waals surface area contributed by atoms with E-state index in [1.54, 1.807) is 0 Å². The zero-order chi connectivity index (χ0) is 9.40. The van der Waals surface area contributed by atoms with Crippen LogP contribution in [0.1, 0.15) is 33.1 Å². The van der Waals surface area contributed by atoms with Gasteiger partial charge in [0.05, 0.1) is 0 Å². The highest BCUT2D eigenvalue weighted by Crippen LogP contribution is 2.03. The highest BCUT2D eigenvalue weighted by Gasteiger charge is 2.04. The SMILES string of the molecule is CCCCN(C)C[C@H](C)CCO. The molecule has 0 aromatic rings. The normalized spacial score (nSPS) is 13.8. The number of unbranched alkanes of at least 4 members (excludes halogenated alkanes) is 1. The molecule has 0 aromatic heterocycles. The molecule has 1 atom stereocenters. The van der Waals surface area contributed by atoms with Crippen LogP contribution in [0.25, 0.3) is 0 Å².